The van der Waals surface area contributed by atoms with E-state index in [0.29, 0.717) is 6.42 Å². The van der Waals surface area contributed by atoms with Gasteiger partial charge in [-0.05, 0) is 60.8 Å². The lowest BCUT2D eigenvalue weighted by molar-refractivity contribution is -0.115. The number of hydrogen-bond donors (Lipinski definition) is 1. The number of carbonyl (C=O) groups is 1. The number of carbonyl (C=O) groups excluding carboxylic acids is 1. The number of aryl methyl sites for hydroxylation is 1. The minimum atomic E-state index is 0.154. The average Bonchev–Trinajstić information content (AvgIpc) is 2.90. The molecule has 1 amide bonds. The monoisotopic (exact) mass is 363 g/mol. The van der Waals surface area contributed by atoms with Gasteiger partial charge in [-0.2, -0.15) is 0 Å². The van der Waals surface area contributed by atoms with E-state index in [1.54, 1.807) is 5.56 Å². The molecule has 0 radical (unpaired) electrons. The van der Waals surface area contributed by atoms with E-state index < -0.39 is 0 Å². The molecule has 22 heavy (non-hydrogen) atoms. The Bertz CT molecular complexity index is 534. The third kappa shape index (κ3) is 3.73. The van der Waals surface area contributed by atoms with E-state index in [1.807, 2.05) is 0 Å². The normalized spacial score (nSPS) is 18.3. The van der Waals surface area contributed by atoms with Crippen LogP contribution in [0.1, 0.15) is 74.0 Å². The third-order valence-electron chi connectivity index (χ3n) is 5.11. The molecular weight excluding hydrogens is 338 g/mol. The molecule has 0 spiro atoms. The highest BCUT2D eigenvalue weighted by Gasteiger charge is 2.24. The Morgan fingerprint density at radius 1 is 1.09 bits per heavy atom. The highest BCUT2D eigenvalue weighted by atomic mass is 79.9. The Labute approximate surface area is 142 Å². The number of rotatable bonds is 6. The van der Waals surface area contributed by atoms with Gasteiger partial charge in [0, 0.05) is 11.0 Å². The molecule has 0 bridgehead atoms. The van der Waals surface area contributed by atoms with Crippen molar-refractivity contribution in [2.45, 2.75) is 70.1 Å². The van der Waals surface area contributed by atoms with Crippen LogP contribution in [-0.2, 0) is 17.6 Å². The van der Waals surface area contributed by atoms with Gasteiger partial charge in [0.15, 0.2) is 0 Å². The smallest absolute Gasteiger partial charge is 0.228 e. The van der Waals surface area contributed by atoms with E-state index in [0.717, 1.165) is 23.4 Å². The maximum absolute atomic E-state index is 11.7. The average molecular weight is 364 g/mol. The van der Waals surface area contributed by atoms with Crippen molar-refractivity contribution in [3.63, 3.8) is 0 Å². The predicted octanol–water partition coefficient (Wildman–Crippen LogP) is 5.34. The fourth-order valence-electron chi connectivity index (χ4n) is 3.94. The van der Waals surface area contributed by atoms with Crippen LogP contribution in [0.5, 0.6) is 0 Å². The standard InChI is InChI=1S/C19H26BrNO/c20-10-6-2-5-9-15-12-18-16(13-19(22)21-18)11-17(15)14-7-3-1-4-8-14/h11-12,14H,1-10,13H2,(H,21,22). The second-order valence-electron chi connectivity index (χ2n) is 6.77. The molecule has 1 aliphatic heterocycles. The molecule has 1 heterocycles. The Morgan fingerprint density at radius 2 is 1.91 bits per heavy atom. The maximum atomic E-state index is 11.7. The van der Waals surface area contributed by atoms with Crippen LogP contribution in [0.25, 0.3) is 0 Å². The first kappa shape index (κ1) is 16.0. The molecule has 0 atom stereocenters. The van der Waals surface area contributed by atoms with Crippen LogP contribution in [0.2, 0.25) is 0 Å². The van der Waals surface area contributed by atoms with E-state index in [2.05, 4.69) is 33.4 Å². The van der Waals surface area contributed by atoms with Crippen molar-refractivity contribution < 1.29 is 4.79 Å². The van der Waals surface area contributed by atoms with E-state index in [1.165, 1.54) is 62.5 Å². The summed E-state index contributed by atoms with van der Waals surface area (Å²) in [5.41, 5.74) is 5.33. The van der Waals surface area contributed by atoms with Crippen LogP contribution in [0.3, 0.4) is 0 Å². The summed E-state index contributed by atoms with van der Waals surface area (Å²) in [7, 11) is 0. The topological polar surface area (TPSA) is 29.1 Å². The maximum Gasteiger partial charge on any atom is 0.228 e. The number of nitrogens with one attached hydrogen (secondary N) is 1. The van der Waals surface area contributed by atoms with E-state index in [9.17, 15) is 4.79 Å². The second kappa shape index (κ2) is 7.63. The Kier molecular flexibility index (Phi) is 5.56. The predicted molar refractivity (Wildman–Crippen MR) is 96.0 cm³/mol. The molecule has 0 aromatic heterocycles. The molecule has 1 saturated carbocycles. The summed E-state index contributed by atoms with van der Waals surface area (Å²) in [6.07, 6.45) is 12.3. The van der Waals surface area contributed by atoms with Gasteiger partial charge in [0.1, 0.15) is 0 Å². The summed E-state index contributed by atoms with van der Waals surface area (Å²) >= 11 is 3.51. The summed E-state index contributed by atoms with van der Waals surface area (Å²) in [6, 6.07) is 4.63. The van der Waals surface area contributed by atoms with Crippen molar-refractivity contribution in [2.24, 2.45) is 0 Å². The molecule has 120 valence electrons. The van der Waals surface area contributed by atoms with Crippen molar-refractivity contribution in [3.8, 4) is 0 Å². The van der Waals surface area contributed by atoms with Gasteiger partial charge in [-0.15, -0.1) is 0 Å². The molecular formula is C19H26BrNO. The molecule has 1 aromatic rings. The van der Waals surface area contributed by atoms with Crippen LogP contribution < -0.4 is 5.32 Å². The molecule has 3 heteroatoms. The first-order valence-electron chi connectivity index (χ1n) is 8.79. The van der Waals surface area contributed by atoms with Crippen molar-refractivity contribution in [1.82, 2.24) is 0 Å². The Balaban J connectivity index is 1.81. The summed E-state index contributed by atoms with van der Waals surface area (Å²) < 4.78 is 0. The molecule has 1 aliphatic carbocycles. The van der Waals surface area contributed by atoms with Crippen molar-refractivity contribution in [3.05, 3.63) is 28.8 Å². The lowest BCUT2D eigenvalue weighted by Gasteiger charge is -2.25. The number of alkyl halides is 1. The van der Waals surface area contributed by atoms with Crippen molar-refractivity contribution in [1.29, 1.82) is 0 Å². The minimum absolute atomic E-state index is 0.154. The number of anilines is 1. The highest BCUT2D eigenvalue weighted by Crippen LogP contribution is 2.38. The van der Waals surface area contributed by atoms with E-state index >= 15 is 0 Å². The third-order valence-corrected chi connectivity index (χ3v) is 5.68. The number of amides is 1. The van der Waals surface area contributed by atoms with E-state index in [4.69, 9.17) is 0 Å². The van der Waals surface area contributed by atoms with Gasteiger partial charge in [0.2, 0.25) is 5.91 Å². The van der Waals surface area contributed by atoms with Crippen LogP contribution >= 0.6 is 15.9 Å². The molecule has 2 nitrogen and oxygen atoms in total. The van der Waals surface area contributed by atoms with Gasteiger partial charge in [-0.3, -0.25) is 4.79 Å². The number of hydrogen-bond acceptors (Lipinski definition) is 1. The SMILES string of the molecule is O=C1Cc2cc(C3CCCCC3)c(CCCCCBr)cc2N1. The van der Waals surface area contributed by atoms with Gasteiger partial charge < -0.3 is 5.32 Å². The molecule has 0 unspecified atom stereocenters. The van der Waals surface area contributed by atoms with Crippen molar-refractivity contribution >= 4 is 27.5 Å². The zero-order valence-electron chi connectivity index (χ0n) is 13.3. The summed E-state index contributed by atoms with van der Waals surface area (Å²) in [6.45, 7) is 0. The van der Waals surface area contributed by atoms with E-state index in [-0.39, 0.29) is 5.91 Å². The summed E-state index contributed by atoms with van der Waals surface area (Å²) in [5.74, 6) is 0.877. The first-order chi connectivity index (χ1) is 10.8. The quantitative estimate of drug-likeness (QED) is 0.536. The molecule has 3 rings (SSSR count). The van der Waals surface area contributed by atoms with Crippen LogP contribution in [-0.4, -0.2) is 11.2 Å². The van der Waals surface area contributed by atoms with Gasteiger partial charge in [-0.25, -0.2) is 0 Å². The van der Waals surface area contributed by atoms with Crippen LogP contribution in [0.4, 0.5) is 5.69 Å². The van der Waals surface area contributed by atoms with Gasteiger partial charge >= 0.3 is 0 Å². The molecule has 1 aromatic carbocycles. The molecule has 1 N–H and O–H groups in total. The number of benzene rings is 1. The van der Waals surface area contributed by atoms with Crippen LogP contribution in [0.15, 0.2) is 12.1 Å². The zero-order chi connectivity index (χ0) is 15.4. The lowest BCUT2D eigenvalue weighted by Crippen LogP contribution is -2.08. The van der Waals surface area contributed by atoms with Crippen LogP contribution in [0, 0.1) is 0 Å². The van der Waals surface area contributed by atoms with Crippen molar-refractivity contribution in [2.75, 3.05) is 10.6 Å². The number of fused-ring (bicyclic) bond motifs is 1. The molecule has 0 saturated heterocycles. The lowest BCUT2D eigenvalue weighted by atomic mass is 9.80. The summed E-state index contributed by atoms with van der Waals surface area (Å²) in [5, 5.41) is 4.12. The Hall–Kier alpha value is -0.830. The summed E-state index contributed by atoms with van der Waals surface area (Å²) in [4.78, 5) is 11.7. The number of halogens is 1. The zero-order valence-corrected chi connectivity index (χ0v) is 14.9. The fourth-order valence-corrected chi connectivity index (χ4v) is 4.33. The minimum Gasteiger partial charge on any atom is -0.326 e. The van der Waals surface area contributed by atoms with Gasteiger partial charge in [-0.1, -0.05) is 47.7 Å². The number of unbranched alkanes of at least 4 members (excludes halogenated alkanes) is 2. The fraction of sp³-hybridized carbons (Fsp3) is 0.632. The largest absolute Gasteiger partial charge is 0.326 e. The molecule has 2 aliphatic rings. The molecule has 1 fully saturated rings. The van der Waals surface area contributed by atoms with Gasteiger partial charge in [0.25, 0.3) is 0 Å². The van der Waals surface area contributed by atoms with Gasteiger partial charge in [0.05, 0.1) is 6.42 Å². The second-order valence-corrected chi connectivity index (χ2v) is 7.56. The Morgan fingerprint density at radius 3 is 2.68 bits per heavy atom. The first-order valence-corrected chi connectivity index (χ1v) is 9.91. The highest BCUT2D eigenvalue weighted by molar-refractivity contribution is 9.09.